The van der Waals surface area contributed by atoms with E-state index in [2.05, 4.69) is 32.6 Å². The van der Waals surface area contributed by atoms with Gasteiger partial charge in [-0.1, -0.05) is 69.1 Å². The summed E-state index contributed by atoms with van der Waals surface area (Å²) in [5.41, 5.74) is 2.25. The molecule has 2 N–H and O–H groups in total. The number of carbonyl (C=O) groups is 3. The largest absolute Gasteiger partial charge is 0.468 e. The van der Waals surface area contributed by atoms with Gasteiger partial charge in [0, 0.05) is 10.4 Å². The number of esters is 1. The number of aryl methyl sites for hydroxylation is 1. The molecule has 0 aliphatic carbocycles. The van der Waals surface area contributed by atoms with Crippen LogP contribution in [0.3, 0.4) is 0 Å². The minimum Gasteiger partial charge on any atom is -0.468 e. The fourth-order valence-electron chi connectivity index (χ4n) is 3.37. The molecule has 0 fully saturated rings. The van der Waals surface area contributed by atoms with Crippen LogP contribution < -0.4 is 10.6 Å². The summed E-state index contributed by atoms with van der Waals surface area (Å²) in [6, 6.07) is 14.4. The van der Waals surface area contributed by atoms with Crippen molar-refractivity contribution in [2.75, 3.05) is 18.2 Å². The Bertz CT molecular complexity index is 1180. The second kappa shape index (κ2) is 10.9. The molecule has 0 bridgehead atoms. The molecule has 33 heavy (non-hydrogen) atoms. The Morgan fingerprint density at radius 2 is 1.97 bits per heavy atom. The number of nitrogens with one attached hydrogen (secondary N) is 2. The molecule has 1 aliphatic heterocycles. The first-order chi connectivity index (χ1) is 15.7. The minimum absolute atomic E-state index is 0.0866. The topological polar surface area (TPSA) is 108 Å². The van der Waals surface area contributed by atoms with Crippen molar-refractivity contribution in [3.05, 3.63) is 73.7 Å². The number of carbonyl (C=O) groups excluding carboxylic acids is 3. The van der Waals surface area contributed by atoms with Crippen LogP contribution in [-0.4, -0.2) is 30.6 Å². The summed E-state index contributed by atoms with van der Waals surface area (Å²) < 4.78 is 5.60. The number of allylic oxidation sites excluding steroid dienone is 1. The van der Waals surface area contributed by atoms with Crippen LogP contribution in [0.5, 0.6) is 0 Å². The number of benzene rings is 2. The fourth-order valence-corrected chi connectivity index (χ4v) is 4.94. The maximum absolute atomic E-state index is 12.8. The SMILES string of the molecule is COC(=O)[C@@H]1C(=O)NC(SCC(=O)Nc2ccc(Br)cc2Cl)=C(C#N)[C@H]1c1ccc(C)cc1. The Labute approximate surface area is 208 Å². The van der Waals surface area contributed by atoms with E-state index < -0.39 is 23.7 Å². The van der Waals surface area contributed by atoms with Crippen molar-refractivity contribution in [2.24, 2.45) is 5.92 Å². The molecule has 7 nitrogen and oxygen atoms in total. The van der Waals surface area contributed by atoms with E-state index in [0.29, 0.717) is 16.3 Å². The van der Waals surface area contributed by atoms with Crippen LogP contribution in [0.4, 0.5) is 5.69 Å². The number of amides is 2. The summed E-state index contributed by atoms with van der Waals surface area (Å²) in [7, 11) is 1.19. The van der Waals surface area contributed by atoms with E-state index in [1.807, 2.05) is 19.1 Å². The Morgan fingerprint density at radius 3 is 2.58 bits per heavy atom. The number of halogens is 2. The van der Waals surface area contributed by atoms with E-state index in [1.54, 1.807) is 30.3 Å². The minimum atomic E-state index is -1.22. The van der Waals surface area contributed by atoms with Crippen LogP contribution in [0.15, 0.2) is 57.5 Å². The molecular weight excluding hydrogens is 530 g/mol. The van der Waals surface area contributed by atoms with Gasteiger partial charge in [0.1, 0.15) is 5.92 Å². The number of hydrogen-bond donors (Lipinski definition) is 2. The standard InChI is InChI=1S/C23H19BrClN3O4S/c1-12-3-5-13(6-4-12)19-15(10-26)22(28-21(30)20(19)23(31)32-2)33-11-18(29)27-17-8-7-14(24)9-16(17)25/h3-9,19-20H,11H2,1-2H3,(H,27,29)(H,28,30)/t19-,20+/m1/s1. The summed E-state index contributed by atoms with van der Waals surface area (Å²) in [5.74, 6) is -3.83. The molecule has 2 aromatic rings. The monoisotopic (exact) mass is 547 g/mol. The van der Waals surface area contributed by atoms with Crippen LogP contribution in [0, 0.1) is 24.2 Å². The number of nitriles is 1. The van der Waals surface area contributed by atoms with Gasteiger partial charge in [0.25, 0.3) is 0 Å². The van der Waals surface area contributed by atoms with E-state index in [1.165, 1.54) is 7.11 Å². The van der Waals surface area contributed by atoms with Crippen LogP contribution in [-0.2, 0) is 19.1 Å². The summed E-state index contributed by atoms with van der Waals surface area (Å²) >= 11 is 10.4. The number of rotatable bonds is 6. The molecule has 0 spiro atoms. The smallest absolute Gasteiger partial charge is 0.319 e. The predicted molar refractivity (Wildman–Crippen MR) is 130 cm³/mol. The maximum atomic E-state index is 12.8. The van der Waals surface area contributed by atoms with Gasteiger partial charge in [0.15, 0.2) is 0 Å². The zero-order valence-electron chi connectivity index (χ0n) is 17.6. The molecule has 0 unspecified atom stereocenters. The highest BCUT2D eigenvalue weighted by atomic mass is 79.9. The number of methoxy groups -OCH3 is 1. The quantitative estimate of drug-likeness (QED) is 0.406. The van der Waals surface area contributed by atoms with Gasteiger partial charge in [-0.25, -0.2) is 0 Å². The van der Waals surface area contributed by atoms with E-state index in [-0.39, 0.29) is 22.3 Å². The lowest BCUT2D eigenvalue weighted by Crippen LogP contribution is -2.44. The van der Waals surface area contributed by atoms with Crippen molar-refractivity contribution in [1.82, 2.24) is 5.32 Å². The zero-order chi connectivity index (χ0) is 24.1. The van der Waals surface area contributed by atoms with E-state index in [9.17, 15) is 19.6 Å². The first-order valence-corrected chi connectivity index (χ1v) is 11.9. The Morgan fingerprint density at radius 1 is 1.27 bits per heavy atom. The normalized spacial score (nSPS) is 17.7. The van der Waals surface area contributed by atoms with Crippen molar-refractivity contribution in [3.8, 4) is 6.07 Å². The van der Waals surface area contributed by atoms with Crippen molar-refractivity contribution in [3.63, 3.8) is 0 Å². The van der Waals surface area contributed by atoms with Crippen molar-refractivity contribution in [1.29, 1.82) is 5.26 Å². The number of nitrogens with zero attached hydrogens (tertiary/aromatic N) is 1. The molecule has 0 aromatic heterocycles. The van der Waals surface area contributed by atoms with E-state index >= 15 is 0 Å². The zero-order valence-corrected chi connectivity index (χ0v) is 20.8. The van der Waals surface area contributed by atoms with E-state index in [0.717, 1.165) is 21.8 Å². The third-order valence-corrected chi connectivity index (χ3v) is 6.80. The van der Waals surface area contributed by atoms with Crippen LogP contribution in [0.25, 0.3) is 0 Å². The molecule has 170 valence electrons. The highest BCUT2D eigenvalue weighted by molar-refractivity contribution is 9.10. The lowest BCUT2D eigenvalue weighted by molar-refractivity contribution is -0.150. The average molecular weight is 549 g/mol. The number of thioether (sulfide) groups is 1. The second-order valence-corrected chi connectivity index (χ2v) is 9.50. The van der Waals surface area contributed by atoms with Gasteiger partial charge < -0.3 is 15.4 Å². The third kappa shape index (κ3) is 5.77. The second-order valence-electron chi connectivity index (χ2n) is 7.19. The highest BCUT2D eigenvalue weighted by Crippen LogP contribution is 2.40. The fraction of sp³-hybridized carbons (Fsp3) is 0.217. The molecule has 3 rings (SSSR count). The molecule has 2 atom stereocenters. The molecular formula is C23H19BrClN3O4S. The summed E-state index contributed by atoms with van der Waals surface area (Å²) in [6.07, 6.45) is 0. The van der Waals surface area contributed by atoms with Crippen molar-refractivity contribution >= 4 is 62.8 Å². The van der Waals surface area contributed by atoms with Gasteiger partial charge in [-0.15, -0.1) is 0 Å². The molecule has 1 aliphatic rings. The molecule has 0 saturated carbocycles. The van der Waals surface area contributed by atoms with E-state index in [4.69, 9.17) is 16.3 Å². The van der Waals surface area contributed by atoms with Gasteiger partial charge >= 0.3 is 5.97 Å². The van der Waals surface area contributed by atoms with Gasteiger partial charge in [0.05, 0.1) is 40.2 Å². The van der Waals surface area contributed by atoms with Crippen LogP contribution >= 0.6 is 39.3 Å². The van der Waals surface area contributed by atoms with Gasteiger partial charge in [-0.2, -0.15) is 5.26 Å². The molecule has 0 radical (unpaired) electrons. The lowest BCUT2D eigenvalue weighted by atomic mass is 9.78. The van der Waals surface area contributed by atoms with Crippen molar-refractivity contribution < 1.29 is 19.1 Å². The Hall–Kier alpha value is -2.80. The van der Waals surface area contributed by atoms with Crippen molar-refractivity contribution in [2.45, 2.75) is 12.8 Å². The molecule has 2 aromatic carbocycles. The molecule has 0 saturated heterocycles. The molecule has 2 amide bonds. The van der Waals surface area contributed by atoms with Gasteiger partial charge in [0.2, 0.25) is 11.8 Å². The lowest BCUT2D eigenvalue weighted by Gasteiger charge is -2.31. The maximum Gasteiger partial charge on any atom is 0.319 e. The highest BCUT2D eigenvalue weighted by Gasteiger charge is 2.44. The number of anilines is 1. The Kier molecular flexibility index (Phi) is 8.19. The predicted octanol–water partition coefficient (Wildman–Crippen LogP) is 4.52. The van der Waals surface area contributed by atoms with Crippen LogP contribution in [0.2, 0.25) is 5.02 Å². The first kappa shape index (κ1) is 24.8. The first-order valence-electron chi connectivity index (χ1n) is 9.72. The number of hydrogen-bond acceptors (Lipinski definition) is 6. The average Bonchev–Trinajstić information content (AvgIpc) is 2.79. The summed E-state index contributed by atoms with van der Waals surface area (Å²) in [6.45, 7) is 1.91. The molecule has 1 heterocycles. The Balaban J connectivity index is 1.88. The van der Waals surface area contributed by atoms with Gasteiger partial charge in [-0.05, 0) is 30.7 Å². The summed E-state index contributed by atoms with van der Waals surface area (Å²) in [4.78, 5) is 37.7. The third-order valence-electron chi connectivity index (χ3n) is 4.97. The molecule has 10 heteroatoms. The summed E-state index contributed by atoms with van der Waals surface area (Å²) in [5, 5.41) is 15.8. The number of ether oxygens (including phenoxy) is 1. The van der Waals surface area contributed by atoms with Crippen LogP contribution in [0.1, 0.15) is 17.0 Å². The van der Waals surface area contributed by atoms with Gasteiger partial charge in [-0.3, -0.25) is 14.4 Å².